The Hall–Kier alpha value is -1.72. The van der Waals surface area contributed by atoms with Crippen LogP contribution in [0.25, 0.3) is 0 Å². The number of aromatic amines is 1. The van der Waals surface area contributed by atoms with Crippen LogP contribution in [0, 0.1) is 5.82 Å². The molecule has 18 heavy (non-hydrogen) atoms. The fourth-order valence-corrected chi connectivity index (χ4v) is 1.83. The number of benzene rings is 1. The highest BCUT2D eigenvalue weighted by Crippen LogP contribution is 2.19. The van der Waals surface area contributed by atoms with Gasteiger partial charge in [-0.3, -0.25) is 4.79 Å². The largest absolute Gasteiger partial charge is 0.325 e. The quantitative estimate of drug-likeness (QED) is 0.887. The monoisotopic (exact) mass is 267 g/mol. The van der Waals surface area contributed by atoms with Crippen LogP contribution in [0.3, 0.4) is 0 Å². The second kappa shape index (κ2) is 5.29. The third kappa shape index (κ3) is 2.94. The first-order chi connectivity index (χ1) is 8.58. The van der Waals surface area contributed by atoms with Crippen molar-refractivity contribution in [2.45, 2.75) is 13.0 Å². The van der Waals surface area contributed by atoms with Gasteiger partial charge in [-0.25, -0.2) is 9.37 Å². The lowest BCUT2D eigenvalue weighted by Gasteiger charge is -2.05. The Morgan fingerprint density at radius 2 is 2.17 bits per heavy atom. The van der Waals surface area contributed by atoms with Crippen molar-refractivity contribution in [3.8, 4) is 0 Å². The molecule has 0 saturated heterocycles. The molecule has 4 nitrogen and oxygen atoms in total. The van der Waals surface area contributed by atoms with Crippen LogP contribution in [0.2, 0.25) is 5.02 Å². The lowest BCUT2D eigenvalue weighted by Crippen LogP contribution is -2.15. The fraction of sp³-hybridized carbons (Fsp3) is 0.167. The van der Waals surface area contributed by atoms with E-state index in [2.05, 4.69) is 9.97 Å². The third-order valence-corrected chi connectivity index (χ3v) is 2.78. The lowest BCUT2D eigenvalue weighted by molar-refractivity contribution is 0.627. The van der Waals surface area contributed by atoms with Gasteiger partial charge < -0.3 is 10.7 Å². The molecule has 0 bridgehead atoms. The van der Waals surface area contributed by atoms with Crippen LogP contribution >= 0.6 is 11.6 Å². The van der Waals surface area contributed by atoms with E-state index in [0.29, 0.717) is 28.5 Å². The van der Waals surface area contributed by atoms with Crippen LogP contribution in [0.4, 0.5) is 4.39 Å². The van der Waals surface area contributed by atoms with Crippen molar-refractivity contribution in [3.05, 3.63) is 62.5 Å². The highest BCUT2D eigenvalue weighted by Gasteiger charge is 2.06. The molecule has 0 atom stereocenters. The molecule has 0 aliphatic rings. The topological polar surface area (TPSA) is 71.8 Å². The summed E-state index contributed by atoms with van der Waals surface area (Å²) in [7, 11) is 0. The van der Waals surface area contributed by atoms with Crippen molar-refractivity contribution in [3.63, 3.8) is 0 Å². The first-order valence-electron chi connectivity index (χ1n) is 5.31. The van der Waals surface area contributed by atoms with Gasteiger partial charge in [0.15, 0.2) is 0 Å². The maximum atomic E-state index is 12.9. The number of halogens is 2. The molecule has 0 unspecified atom stereocenters. The summed E-state index contributed by atoms with van der Waals surface area (Å²) < 4.78 is 12.9. The van der Waals surface area contributed by atoms with Gasteiger partial charge in [0.1, 0.15) is 11.6 Å². The predicted octanol–water partition coefficient (Wildman–Crippen LogP) is 1.61. The Kier molecular flexibility index (Phi) is 3.74. The molecular formula is C12H11ClFN3O. The molecule has 6 heteroatoms. The van der Waals surface area contributed by atoms with E-state index in [1.807, 2.05) is 0 Å². The molecule has 0 amide bonds. The summed E-state index contributed by atoms with van der Waals surface area (Å²) in [5.74, 6) is 0.0531. The summed E-state index contributed by atoms with van der Waals surface area (Å²) in [6.45, 7) is 0.189. The molecule has 0 spiro atoms. The third-order valence-electron chi connectivity index (χ3n) is 2.43. The van der Waals surface area contributed by atoms with Crippen molar-refractivity contribution in [1.29, 1.82) is 0 Å². The predicted molar refractivity (Wildman–Crippen MR) is 67.0 cm³/mol. The van der Waals surface area contributed by atoms with Crippen molar-refractivity contribution in [2.24, 2.45) is 5.73 Å². The van der Waals surface area contributed by atoms with E-state index in [0.717, 1.165) is 0 Å². The molecule has 94 valence electrons. The number of nitrogens with zero attached hydrogens (tertiary/aromatic N) is 1. The summed E-state index contributed by atoms with van der Waals surface area (Å²) in [6.07, 6.45) is 0.322. The average Bonchev–Trinajstić information content (AvgIpc) is 2.32. The van der Waals surface area contributed by atoms with E-state index in [1.54, 1.807) is 6.07 Å². The van der Waals surface area contributed by atoms with Crippen molar-refractivity contribution >= 4 is 11.6 Å². The Labute approximate surface area is 108 Å². The SMILES string of the molecule is NCc1cc(=O)[nH]c(Cc2ccc(F)cc2Cl)n1. The van der Waals surface area contributed by atoms with E-state index >= 15 is 0 Å². The Morgan fingerprint density at radius 3 is 2.83 bits per heavy atom. The van der Waals surface area contributed by atoms with Gasteiger partial charge in [-0.1, -0.05) is 17.7 Å². The number of nitrogens with one attached hydrogen (secondary N) is 1. The van der Waals surface area contributed by atoms with Crippen molar-refractivity contribution in [2.75, 3.05) is 0 Å². The van der Waals surface area contributed by atoms with E-state index in [-0.39, 0.29) is 12.1 Å². The molecule has 0 fully saturated rings. The normalized spacial score (nSPS) is 10.6. The van der Waals surface area contributed by atoms with Gasteiger partial charge in [0.05, 0.1) is 5.69 Å². The Morgan fingerprint density at radius 1 is 1.39 bits per heavy atom. The lowest BCUT2D eigenvalue weighted by atomic mass is 10.1. The van der Waals surface area contributed by atoms with Crippen LogP contribution in [0.5, 0.6) is 0 Å². The second-order valence-corrected chi connectivity index (χ2v) is 4.21. The molecule has 1 aromatic heterocycles. The number of rotatable bonds is 3. The number of aromatic nitrogens is 2. The first-order valence-corrected chi connectivity index (χ1v) is 5.69. The highest BCUT2D eigenvalue weighted by molar-refractivity contribution is 6.31. The summed E-state index contributed by atoms with van der Waals surface area (Å²) in [6, 6.07) is 5.44. The van der Waals surface area contributed by atoms with Crippen LogP contribution in [0.1, 0.15) is 17.1 Å². The van der Waals surface area contributed by atoms with Crippen LogP contribution < -0.4 is 11.3 Å². The zero-order valence-corrected chi connectivity index (χ0v) is 10.2. The molecule has 2 rings (SSSR count). The molecule has 1 heterocycles. The van der Waals surface area contributed by atoms with Gasteiger partial charge in [0, 0.05) is 24.1 Å². The highest BCUT2D eigenvalue weighted by atomic mass is 35.5. The molecule has 0 aliphatic carbocycles. The Bertz CT molecular complexity index is 627. The summed E-state index contributed by atoms with van der Waals surface area (Å²) in [5, 5.41) is 0.302. The smallest absolute Gasteiger partial charge is 0.251 e. The van der Waals surface area contributed by atoms with E-state index < -0.39 is 5.82 Å². The maximum Gasteiger partial charge on any atom is 0.251 e. The summed E-state index contributed by atoms with van der Waals surface area (Å²) >= 11 is 5.91. The van der Waals surface area contributed by atoms with Crippen molar-refractivity contribution in [1.82, 2.24) is 9.97 Å². The molecule has 0 saturated carbocycles. The Balaban J connectivity index is 2.33. The van der Waals surface area contributed by atoms with Gasteiger partial charge in [0.2, 0.25) is 0 Å². The minimum Gasteiger partial charge on any atom is -0.325 e. The standard InChI is InChI=1S/C12H11ClFN3O/c13-10-4-8(14)2-1-7(10)3-11-16-9(6-15)5-12(18)17-11/h1-2,4-5H,3,6,15H2,(H,16,17,18). The maximum absolute atomic E-state index is 12.9. The zero-order valence-electron chi connectivity index (χ0n) is 9.41. The van der Waals surface area contributed by atoms with Crippen molar-refractivity contribution < 1.29 is 4.39 Å². The van der Waals surface area contributed by atoms with E-state index in [4.69, 9.17) is 17.3 Å². The van der Waals surface area contributed by atoms with Crippen LogP contribution in [0.15, 0.2) is 29.1 Å². The minimum absolute atomic E-state index is 0.189. The number of nitrogens with two attached hydrogens (primary N) is 1. The van der Waals surface area contributed by atoms with Crippen LogP contribution in [-0.4, -0.2) is 9.97 Å². The second-order valence-electron chi connectivity index (χ2n) is 3.80. The van der Waals surface area contributed by atoms with Gasteiger partial charge in [0.25, 0.3) is 5.56 Å². The van der Waals surface area contributed by atoms with Gasteiger partial charge in [-0.2, -0.15) is 0 Å². The van der Waals surface area contributed by atoms with Crippen LogP contribution in [-0.2, 0) is 13.0 Å². The van der Waals surface area contributed by atoms with Gasteiger partial charge in [-0.05, 0) is 17.7 Å². The average molecular weight is 268 g/mol. The minimum atomic E-state index is -0.402. The number of hydrogen-bond acceptors (Lipinski definition) is 3. The van der Waals surface area contributed by atoms with E-state index in [9.17, 15) is 9.18 Å². The molecule has 2 aromatic rings. The molecule has 0 radical (unpaired) electrons. The molecule has 0 aliphatic heterocycles. The summed E-state index contributed by atoms with van der Waals surface area (Å²) in [5.41, 5.74) is 6.37. The number of hydrogen-bond donors (Lipinski definition) is 2. The summed E-state index contributed by atoms with van der Waals surface area (Å²) in [4.78, 5) is 18.1. The molecule has 1 aromatic carbocycles. The van der Waals surface area contributed by atoms with Gasteiger partial charge in [-0.15, -0.1) is 0 Å². The molecular weight excluding hydrogens is 257 g/mol. The number of H-pyrrole nitrogens is 1. The zero-order chi connectivity index (χ0) is 13.1. The first kappa shape index (κ1) is 12.7. The molecule has 3 N–H and O–H groups in total. The van der Waals surface area contributed by atoms with E-state index in [1.165, 1.54) is 18.2 Å². The fourth-order valence-electron chi connectivity index (χ4n) is 1.60. The van der Waals surface area contributed by atoms with Gasteiger partial charge >= 0.3 is 0 Å².